The van der Waals surface area contributed by atoms with Gasteiger partial charge in [0.15, 0.2) is 11.5 Å². The predicted molar refractivity (Wildman–Crippen MR) is 81.7 cm³/mol. The van der Waals surface area contributed by atoms with Gasteiger partial charge in [-0.05, 0) is 35.9 Å². The molecule has 0 fully saturated rings. The van der Waals surface area contributed by atoms with Crippen molar-refractivity contribution in [3.63, 3.8) is 0 Å². The van der Waals surface area contributed by atoms with E-state index in [1.54, 1.807) is 18.2 Å². The number of carbonyl (C=O) groups excluding carboxylic acids is 1. The second-order valence-electron chi connectivity index (χ2n) is 5.23. The Kier molecular flexibility index (Phi) is 4.69. The van der Waals surface area contributed by atoms with Crippen LogP contribution in [0.25, 0.3) is 0 Å². The van der Waals surface area contributed by atoms with Gasteiger partial charge < -0.3 is 19.5 Å². The van der Waals surface area contributed by atoms with E-state index >= 15 is 0 Å². The molecule has 3 rings (SSSR count). The van der Waals surface area contributed by atoms with Crippen LogP contribution in [0.4, 0.5) is 13.2 Å². The summed E-state index contributed by atoms with van der Waals surface area (Å²) in [4.78, 5) is 12.2. The van der Waals surface area contributed by atoms with Crippen molar-refractivity contribution in [1.29, 1.82) is 0 Å². The topological polar surface area (TPSA) is 56.8 Å². The minimum Gasteiger partial charge on any atom is -0.486 e. The van der Waals surface area contributed by atoms with E-state index in [0.717, 1.165) is 0 Å². The first-order valence-corrected chi connectivity index (χ1v) is 7.43. The normalized spacial score (nSPS) is 13.2. The fraction of sp³-hybridized carbons (Fsp3) is 0.235. The predicted octanol–water partition coefficient (Wildman–Crippen LogP) is 3.29. The molecule has 0 atom stereocenters. The van der Waals surface area contributed by atoms with Crippen LogP contribution in [0.5, 0.6) is 17.2 Å². The molecule has 2 aromatic rings. The van der Waals surface area contributed by atoms with Crippen molar-refractivity contribution in [2.24, 2.45) is 0 Å². The SMILES string of the molecule is O=C(NCc1ccc(OC(F)(F)F)cc1)c1ccc2c(c1)OCCO2. The van der Waals surface area contributed by atoms with Crippen molar-refractivity contribution in [3.8, 4) is 17.2 Å². The maximum atomic E-state index is 12.2. The number of hydrogen-bond donors (Lipinski definition) is 1. The molecule has 0 spiro atoms. The van der Waals surface area contributed by atoms with Gasteiger partial charge in [0.1, 0.15) is 19.0 Å². The molecule has 1 heterocycles. The van der Waals surface area contributed by atoms with Crippen LogP contribution in [-0.4, -0.2) is 25.5 Å². The maximum Gasteiger partial charge on any atom is 0.573 e. The van der Waals surface area contributed by atoms with Gasteiger partial charge in [-0.15, -0.1) is 13.2 Å². The molecule has 0 bridgehead atoms. The molecule has 5 nitrogen and oxygen atoms in total. The fourth-order valence-corrected chi connectivity index (χ4v) is 2.28. The number of nitrogens with one attached hydrogen (secondary N) is 1. The Morgan fingerprint density at radius 1 is 1.04 bits per heavy atom. The first-order valence-electron chi connectivity index (χ1n) is 7.43. The number of fused-ring (bicyclic) bond motifs is 1. The third-order valence-electron chi connectivity index (χ3n) is 3.41. The first-order chi connectivity index (χ1) is 11.9. The van der Waals surface area contributed by atoms with E-state index in [9.17, 15) is 18.0 Å². The zero-order valence-corrected chi connectivity index (χ0v) is 12.9. The maximum absolute atomic E-state index is 12.2. The van der Waals surface area contributed by atoms with Gasteiger partial charge in [0, 0.05) is 12.1 Å². The summed E-state index contributed by atoms with van der Waals surface area (Å²) in [6.07, 6.45) is -4.73. The summed E-state index contributed by atoms with van der Waals surface area (Å²) in [5.74, 6) is 0.456. The molecular formula is C17H14F3NO4. The van der Waals surface area contributed by atoms with Crippen LogP contribution in [0.1, 0.15) is 15.9 Å². The molecular weight excluding hydrogens is 339 g/mol. The number of halogens is 3. The molecule has 0 saturated heterocycles. The second-order valence-corrected chi connectivity index (χ2v) is 5.23. The summed E-state index contributed by atoms with van der Waals surface area (Å²) in [7, 11) is 0. The quantitative estimate of drug-likeness (QED) is 0.917. The van der Waals surface area contributed by atoms with Crippen molar-refractivity contribution < 1.29 is 32.2 Å². The Balaban J connectivity index is 1.59. The molecule has 0 radical (unpaired) electrons. The lowest BCUT2D eigenvalue weighted by molar-refractivity contribution is -0.274. The molecule has 25 heavy (non-hydrogen) atoms. The highest BCUT2D eigenvalue weighted by Gasteiger charge is 2.30. The number of hydrogen-bond acceptors (Lipinski definition) is 4. The van der Waals surface area contributed by atoms with Gasteiger partial charge in [-0.1, -0.05) is 12.1 Å². The molecule has 8 heteroatoms. The molecule has 0 aliphatic carbocycles. The van der Waals surface area contributed by atoms with E-state index in [2.05, 4.69) is 10.1 Å². The van der Waals surface area contributed by atoms with Crippen molar-refractivity contribution >= 4 is 5.91 Å². The number of alkyl halides is 3. The van der Waals surface area contributed by atoms with Crippen molar-refractivity contribution in [3.05, 3.63) is 53.6 Å². The lowest BCUT2D eigenvalue weighted by Gasteiger charge is -2.18. The van der Waals surface area contributed by atoms with Crippen LogP contribution in [0.3, 0.4) is 0 Å². The molecule has 1 N–H and O–H groups in total. The van der Waals surface area contributed by atoms with Crippen molar-refractivity contribution in [2.75, 3.05) is 13.2 Å². The Morgan fingerprint density at radius 3 is 2.40 bits per heavy atom. The average Bonchev–Trinajstić information content (AvgIpc) is 2.59. The van der Waals surface area contributed by atoms with Gasteiger partial charge in [-0.25, -0.2) is 0 Å². The van der Waals surface area contributed by atoms with Crippen LogP contribution >= 0.6 is 0 Å². The lowest BCUT2D eigenvalue weighted by Crippen LogP contribution is -2.23. The zero-order chi connectivity index (χ0) is 17.9. The number of rotatable bonds is 4. The Morgan fingerprint density at radius 2 is 1.72 bits per heavy atom. The molecule has 1 amide bonds. The zero-order valence-electron chi connectivity index (χ0n) is 12.9. The highest BCUT2D eigenvalue weighted by Crippen LogP contribution is 2.30. The Bertz CT molecular complexity index is 759. The van der Waals surface area contributed by atoms with Gasteiger partial charge in [0.25, 0.3) is 5.91 Å². The summed E-state index contributed by atoms with van der Waals surface area (Å²) in [5.41, 5.74) is 1.04. The monoisotopic (exact) mass is 353 g/mol. The highest BCUT2D eigenvalue weighted by atomic mass is 19.4. The van der Waals surface area contributed by atoms with Crippen molar-refractivity contribution in [2.45, 2.75) is 12.9 Å². The lowest BCUT2D eigenvalue weighted by atomic mass is 10.1. The molecule has 132 valence electrons. The van der Waals surface area contributed by atoms with Crippen LogP contribution in [0.2, 0.25) is 0 Å². The van der Waals surface area contributed by atoms with E-state index in [1.807, 2.05) is 0 Å². The van der Waals surface area contributed by atoms with Gasteiger partial charge in [0.05, 0.1) is 0 Å². The Hall–Kier alpha value is -2.90. The first kappa shape index (κ1) is 16.9. The summed E-state index contributed by atoms with van der Waals surface area (Å²) in [6, 6.07) is 10.1. The molecule has 0 saturated carbocycles. The third kappa shape index (κ3) is 4.56. The minimum atomic E-state index is -4.73. The molecule has 0 unspecified atom stereocenters. The molecule has 1 aliphatic rings. The number of carbonyl (C=O) groups is 1. The fourth-order valence-electron chi connectivity index (χ4n) is 2.28. The van der Waals surface area contributed by atoms with E-state index in [0.29, 0.717) is 35.8 Å². The highest BCUT2D eigenvalue weighted by molar-refractivity contribution is 5.94. The number of ether oxygens (including phenoxy) is 3. The van der Waals surface area contributed by atoms with Gasteiger partial charge in [-0.3, -0.25) is 4.79 Å². The van der Waals surface area contributed by atoms with Gasteiger partial charge in [0.2, 0.25) is 0 Å². The van der Waals surface area contributed by atoms with Crippen LogP contribution in [0, 0.1) is 0 Å². The standard InChI is InChI=1S/C17H14F3NO4/c18-17(19,20)25-13-4-1-11(2-5-13)10-21-16(22)12-3-6-14-15(9-12)24-8-7-23-14/h1-6,9H,7-8,10H2,(H,21,22). The number of benzene rings is 2. The summed E-state index contributed by atoms with van der Waals surface area (Å²) < 4.78 is 50.9. The van der Waals surface area contributed by atoms with E-state index in [1.165, 1.54) is 24.3 Å². The van der Waals surface area contributed by atoms with E-state index < -0.39 is 6.36 Å². The minimum absolute atomic E-state index is 0.166. The average molecular weight is 353 g/mol. The summed E-state index contributed by atoms with van der Waals surface area (Å²) in [6.45, 7) is 1.05. The molecule has 1 aliphatic heterocycles. The smallest absolute Gasteiger partial charge is 0.486 e. The van der Waals surface area contributed by atoms with Gasteiger partial charge in [-0.2, -0.15) is 0 Å². The van der Waals surface area contributed by atoms with Crippen LogP contribution in [-0.2, 0) is 6.54 Å². The Labute approximate surface area is 141 Å². The largest absolute Gasteiger partial charge is 0.573 e. The summed E-state index contributed by atoms with van der Waals surface area (Å²) >= 11 is 0. The van der Waals surface area contributed by atoms with E-state index in [4.69, 9.17) is 9.47 Å². The third-order valence-corrected chi connectivity index (χ3v) is 3.41. The van der Waals surface area contributed by atoms with Crippen LogP contribution in [0.15, 0.2) is 42.5 Å². The molecule has 2 aromatic carbocycles. The van der Waals surface area contributed by atoms with E-state index in [-0.39, 0.29) is 18.2 Å². The summed E-state index contributed by atoms with van der Waals surface area (Å²) in [5, 5.41) is 2.69. The van der Waals surface area contributed by atoms with Gasteiger partial charge >= 0.3 is 6.36 Å². The molecule has 0 aromatic heterocycles. The van der Waals surface area contributed by atoms with Crippen molar-refractivity contribution in [1.82, 2.24) is 5.32 Å². The number of amides is 1. The second kappa shape index (κ2) is 6.92. The van der Waals surface area contributed by atoms with Crippen LogP contribution < -0.4 is 19.5 Å².